The summed E-state index contributed by atoms with van der Waals surface area (Å²) in [6, 6.07) is 9.00. The molecule has 3 heteroatoms. The maximum atomic E-state index is 13.9. The van der Waals surface area contributed by atoms with E-state index in [1.54, 1.807) is 12.1 Å². The van der Waals surface area contributed by atoms with Gasteiger partial charge in [0, 0.05) is 14.2 Å². The Kier molecular flexibility index (Phi) is 3.73. The minimum absolute atomic E-state index is 0.193. The van der Waals surface area contributed by atoms with E-state index in [1.807, 2.05) is 32.0 Å². The highest BCUT2D eigenvalue weighted by Gasteiger charge is 2.09. The van der Waals surface area contributed by atoms with Crippen LogP contribution in [0.5, 0.6) is 0 Å². The van der Waals surface area contributed by atoms with Crippen molar-refractivity contribution in [1.82, 2.24) is 0 Å². The van der Waals surface area contributed by atoms with E-state index in [0.717, 1.165) is 20.3 Å². The summed E-state index contributed by atoms with van der Waals surface area (Å²) in [4.78, 5) is 0. The lowest BCUT2D eigenvalue weighted by atomic mass is 10.0. The molecule has 0 radical (unpaired) electrons. The Morgan fingerprint density at radius 1 is 1.06 bits per heavy atom. The highest BCUT2D eigenvalue weighted by Crippen LogP contribution is 2.29. The van der Waals surface area contributed by atoms with Gasteiger partial charge in [-0.3, -0.25) is 0 Å². The highest BCUT2D eigenvalue weighted by atomic mass is 127. The molecule has 0 spiro atoms. The maximum Gasteiger partial charge on any atom is 0.132 e. The second-order valence-electron chi connectivity index (χ2n) is 4.05. The predicted molar refractivity (Wildman–Crippen MR) is 79.0 cm³/mol. The van der Waals surface area contributed by atoms with Gasteiger partial charge in [-0.25, -0.2) is 4.39 Å². The minimum atomic E-state index is -0.193. The predicted octanol–water partition coefficient (Wildman–Crippen LogP) is 5.37. The number of hydrogen-bond acceptors (Lipinski definition) is 0. The Bertz CT molecular complexity index is 579. The Morgan fingerprint density at radius 2 is 1.76 bits per heavy atom. The lowest BCUT2D eigenvalue weighted by molar-refractivity contribution is 0.630. The van der Waals surface area contributed by atoms with Gasteiger partial charge in [-0.15, -0.1) is 0 Å². The molecule has 0 aliphatic carbocycles. The molecule has 0 atom stereocenters. The van der Waals surface area contributed by atoms with Crippen molar-refractivity contribution in [3.63, 3.8) is 0 Å². The van der Waals surface area contributed by atoms with Crippen LogP contribution in [0.1, 0.15) is 11.1 Å². The van der Waals surface area contributed by atoms with Crippen molar-refractivity contribution in [2.45, 2.75) is 13.8 Å². The van der Waals surface area contributed by atoms with E-state index in [2.05, 4.69) is 22.6 Å². The van der Waals surface area contributed by atoms with Crippen molar-refractivity contribution in [1.29, 1.82) is 0 Å². The van der Waals surface area contributed by atoms with Crippen LogP contribution in [0.15, 0.2) is 30.3 Å². The number of aryl methyl sites for hydroxylation is 2. The van der Waals surface area contributed by atoms with Crippen LogP contribution in [-0.2, 0) is 0 Å². The first-order valence-electron chi connectivity index (χ1n) is 5.21. The number of benzene rings is 2. The third-order valence-electron chi connectivity index (χ3n) is 2.72. The topological polar surface area (TPSA) is 0 Å². The Hall–Kier alpha value is -0.610. The number of rotatable bonds is 1. The zero-order valence-electron chi connectivity index (χ0n) is 9.52. The first-order chi connectivity index (χ1) is 7.99. The summed E-state index contributed by atoms with van der Waals surface area (Å²) in [5.74, 6) is -0.193. The molecule has 0 fully saturated rings. The summed E-state index contributed by atoms with van der Waals surface area (Å²) >= 11 is 8.11. The molecular formula is C14H11ClFI. The van der Waals surface area contributed by atoms with E-state index in [0.29, 0.717) is 10.6 Å². The normalized spacial score (nSPS) is 10.6. The molecule has 0 heterocycles. The Balaban J connectivity index is 2.60. The van der Waals surface area contributed by atoms with Gasteiger partial charge in [-0.2, -0.15) is 0 Å². The zero-order valence-corrected chi connectivity index (χ0v) is 12.4. The van der Waals surface area contributed by atoms with Crippen LogP contribution >= 0.6 is 34.2 Å². The van der Waals surface area contributed by atoms with Crippen molar-refractivity contribution < 1.29 is 4.39 Å². The SMILES string of the molecule is Cc1cc(-c2cc(C)c(I)cc2F)ccc1Cl. The maximum absolute atomic E-state index is 13.9. The summed E-state index contributed by atoms with van der Waals surface area (Å²) < 4.78 is 14.9. The van der Waals surface area contributed by atoms with E-state index in [9.17, 15) is 4.39 Å². The van der Waals surface area contributed by atoms with Crippen LogP contribution in [-0.4, -0.2) is 0 Å². The summed E-state index contributed by atoms with van der Waals surface area (Å²) in [6.07, 6.45) is 0. The Labute approximate surface area is 119 Å². The van der Waals surface area contributed by atoms with Crippen molar-refractivity contribution in [3.8, 4) is 11.1 Å². The molecule has 0 saturated heterocycles. The molecule has 0 bridgehead atoms. The van der Waals surface area contributed by atoms with Crippen molar-refractivity contribution >= 4 is 34.2 Å². The zero-order chi connectivity index (χ0) is 12.6. The fourth-order valence-corrected chi connectivity index (χ4v) is 2.24. The van der Waals surface area contributed by atoms with E-state index in [-0.39, 0.29) is 5.82 Å². The van der Waals surface area contributed by atoms with Gasteiger partial charge in [-0.1, -0.05) is 17.7 Å². The van der Waals surface area contributed by atoms with E-state index >= 15 is 0 Å². The van der Waals surface area contributed by atoms with Gasteiger partial charge < -0.3 is 0 Å². The van der Waals surface area contributed by atoms with Gasteiger partial charge in [0.2, 0.25) is 0 Å². The molecule has 0 saturated carbocycles. The molecular weight excluding hydrogens is 350 g/mol. The molecule has 2 rings (SSSR count). The van der Waals surface area contributed by atoms with Crippen LogP contribution in [0.2, 0.25) is 5.02 Å². The molecule has 0 aliphatic heterocycles. The van der Waals surface area contributed by atoms with E-state index in [1.165, 1.54) is 0 Å². The minimum Gasteiger partial charge on any atom is -0.206 e. The van der Waals surface area contributed by atoms with Crippen LogP contribution in [0.3, 0.4) is 0 Å². The molecule has 0 aromatic heterocycles. The summed E-state index contributed by atoms with van der Waals surface area (Å²) in [7, 11) is 0. The molecule has 0 unspecified atom stereocenters. The van der Waals surface area contributed by atoms with Gasteiger partial charge in [0.1, 0.15) is 5.82 Å². The molecule has 0 N–H and O–H groups in total. The summed E-state index contributed by atoms with van der Waals surface area (Å²) in [5, 5.41) is 0.705. The number of hydrogen-bond donors (Lipinski definition) is 0. The smallest absolute Gasteiger partial charge is 0.132 e. The molecule has 2 aromatic carbocycles. The van der Waals surface area contributed by atoms with Gasteiger partial charge in [0.05, 0.1) is 0 Å². The number of halogens is 3. The summed E-state index contributed by atoms with van der Waals surface area (Å²) in [5.41, 5.74) is 3.53. The molecule has 0 amide bonds. The lowest BCUT2D eigenvalue weighted by Crippen LogP contribution is -1.90. The largest absolute Gasteiger partial charge is 0.206 e. The second-order valence-corrected chi connectivity index (χ2v) is 5.61. The van der Waals surface area contributed by atoms with Gasteiger partial charge in [0.15, 0.2) is 0 Å². The quantitative estimate of drug-likeness (QED) is 0.600. The fourth-order valence-electron chi connectivity index (χ4n) is 1.69. The summed E-state index contributed by atoms with van der Waals surface area (Å²) in [6.45, 7) is 3.90. The van der Waals surface area contributed by atoms with Crippen molar-refractivity contribution in [3.05, 3.63) is 55.9 Å². The first-order valence-corrected chi connectivity index (χ1v) is 6.67. The average molecular weight is 361 g/mol. The lowest BCUT2D eigenvalue weighted by Gasteiger charge is -2.08. The van der Waals surface area contributed by atoms with Crippen LogP contribution < -0.4 is 0 Å². The van der Waals surface area contributed by atoms with Crippen molar-refractivity contribution in [2.24, 2.45) is 0 Å². The third kappa shape index (κ3) is 2.63. The van der Waals surface area contributed by atoms with E-state index < -0.39 is 0 Å². The standard InChI is InChI=1S/C14H11ClFI/c1-8-5-10(3-4-12(8)15)11-6-9(2)14(17)7-13(11)16/h3-7H,1-2H3. The third-order valence-corrected chi connectivity index (χ3v) is 4.30. The van der Waals surface area contributed by atoms with Crippen LogP contribution in [0, 0.1) is 23.2 Å². The molecule has 17 heavy (non-hydrogen) atoms. The molecule has 0 aliphatic rings. The second kappa shape index (κ2) is 4.94. The van der Waals surface area contributed by atoms with Crippen LogP contribution in [0.4, 0.5) is 4.39 Å². The monoisotopic (exact) mass is 360 g/mol. The van der Waals surface area contributed by atoms with Gasteiger partial charge >= 0.3 is 0 Å². The van der Waals surface area contributed by atoms with Crippen molar-refractivity contribution in [2.75, 3.05) is 0 Å². The van der Waals surface area contributed by atoms with Gasteiger partial charge in [-0.05, 0) is 77.4 Å². The highest BCUT2D eigenvalue weighted by molar-refractivity contribution is 14.1. The van der Waals surface area contributed by atoms with Gasteiger partial charge in [0.25, 0.3) is 0 Å². The average Bonchev–Trinajstić information content (AvgIpc) is 2.27. The first kappa shape index (κ1) is 12.8. The molecule has 0 nitrogen and oxygen atoms in total. The molecule has 2 aromatic rings. The van der Waals surface area contributed by atoms with Crippen LogP contribution in [0.25, 0.3) is 11.1 Å². The molecule has 88 valence electrons. The fraction of sp³-hybridized carbons (Fsp3) is 0.143. The van der Waals surface area contributed by atoms with E-state index in [4.69, 9.17) is 11.6 Å². The Morgan fingerprint density at radius 3 is 2.41 bits per heavy atom.